The minimum Gasteiger partial charge on any atom is -0.314 e. The van der Waals surface area contributed by atoms with Crippen LogP contribution in [0, 0.1) is 5.92 Å². The van der Waals surface area contributed by atoms with Crippen LogP contribution < -0.4 is 4.90 Å². The van der Waals surface area contributed by atoms with E-state index in [4.69, 9.17) is 0 Å². The molecule has 6 aromatic carbocycles. The lowest BCUT2D eigenvalue weighted by atomic mass is 9.80. The Balaban J connectivity index is 1.03. The molecule has 10 rings (SSSR count). The molecule has 0 aliphatic heterocycles. The van der Waals surface area contributed by atoms with E-state index < -0.39 is 0 Å². The summed E-state index contributed by atoms with van der Waals surface area (Å²) < 4.78 is 2.41. The highest BCUT2D eigenvalue weighted by Gasteiger charge is 2.37. The molecule has 0 saturated heterocycles. The number of nitrogens with zero attached hydrogens (tertiary/aromatic N) is 2. The maximum Gasteiger partial charge on any atom is 0.0541 e. The average Bonchev–Trinajstić information content (AvgIpc) is 3.67. The molecule has 3 aliphatic carbocycles. The summed E-state index contributed by atoms with van der Waals surface area (Å²) in [6.45, 7) is 7.18. The van der Waals surface area contributed by atoms with Crippen LogP contribution in [0.25, 0.3) is 49.8 Å². The van der Waals surface area contributed by atoms with E-state index in [0.717, 1.165) is 19.3 Å². The van der Waals surface area contributed by atoms with Gasteiger partial charge >= 0.3 is 0 Å². The molecule has 0 N–H and O–H groups in total. The van der Waals surface area contributed by atoms with E-state index in [2.05, 4.69) is 200 Å². The van der Waals surface area contributed by atoms with Crippen molar-refractivity contribution in [3.8, 4) is 16.8 Å². The van der Waals surface area contributed by atoms with E-state index >= 15 is 0 Å². The van der Waals surface area contributed by atoms with E-state index in [1.807, 2.05) is 0 Å². The minimum atomic E-state index is -0.00531. The Morgan fingerprint density at radius 1 is 0.630 bits per heavy atom. The zero-order valence-electron chi connectivity index (χ0n) is 31.3. The van der Waals surface area contributed by atoms with Gasteiger partial charge in [0.1, 0.15) is 0 Å². The fourth-order valence-corrected chi connectivity index (χ4v) is 9.44. The van der Waals surface area contributed by atoms with E-state index in [0.29, 0.717) is 5.92 Å². The second-order valence-electron chi connectivity index (χ2n) is 15.7. The van der Waals surface area contributed by atoms with Crippen LogP contribution in [-0.2, 0) is 5.41 Å². The number of aromatic nitrogens is 1. The molecule has 54 heavy (non-hydrogen) atoms. The molecule has 0 bridgehead atoms. The highest BCUT2D eigenvalue weighted by molar-refractivity contribution is 6.10. The first-order valence-electron chi connectivity index (χ1n) is 19.5. The normalized spacial score (nSPS) is 17.4. The molecular formula is C52H44N2. The maximum absolute atomic E-state index is 2.49. The molecule has 0 amide bonds. The molecular weight excluding hydrogens is 653 g/mol. The lowest BCUT2D eigenvalue weighted by Crippen LogP contribution is -2.22. The Hall–Kier alpha value is -6.12. The molecule has 1 heterocycles. The fourth-order valence-electron chi connectivity index (χ4n) is 9.44. The first-order chi connectivity index (χ1) is 26.5. The van der Waals surface area contributed by atoms with Crippen molar-refractivity contribution in [3.63, 3.8) is 0 Å². The third kappa shape index (κ3) is 5.23. The quantitative estimate of drug-likeness (QED) is 0.168. The third-order valence-corrected chi connectivity index (χ3v) is 12.1. The standard InChI is InChI=1S/C52H44N2/c1-35-32-41(53(39-16-8-5-9-17-39)42-28-30-45-44-18-10-12-20-48(44)52(2,3)49(45)34-42)27-29-43(35)38-24-31-51-47(33-38)46-19-11-13-21-50(46)54(51)40-25-22-37(23-26-40)36-14-6-4-7-15-36/h4-9,11-17,19-31,33-35H,10,18,32H2,1-3H3. The van der Waals surface area contributed by atoms with Gasteiger partial charge in [-0.3, -0.25) is 0 Å². The van der Waals surface area contributed by atoms with Crippen molar-refractivity contribution in [2.75, 3.05) is 4.90 Å². The van der Waals surface area contributed by atoms with Crippen LogP contribution in [0.4, 0.5) is 11.4 Å². The Bertz CT molecular complexity index is 2700. The SMILES string of the molecule is CC1CC(N(c2ccccc2)c2ccc3c(c2)C(C)(C)C2=C3CCC=C2)=CC=C1c1ccc2c(c1)c1ccccc1n2-c1ccc(-c2ccccc2)cc1. The largest absolute Gasteiger partial charge is 0.314 e. The van der Waals surface area contributed by atoms with Crippen molar-refractivity contribution in [3.05, 3.63) is 198 Å². The summed E-state index contributed by atoms with van der Waals surface area (Å²) in [5, 5.41) is 2.57. The molecule has 1 atom stereocenters. The van der Waals surface area contributed by atoms with Gasteiger partial charge in [0.05, 0.1) is 11.0 Å². The Morgan fingerprint density at radius 2 is 1.33 bits per heavy atom. The van der Waals surface area contributed by atoms with Crippen LogP contribution in [0.15, 0.2) is 181 Å². The van der Waals surface area contributed by atoms with Gasteiger partial charge in [0.25, 0.3) is 0 Å². The summed E-state index contributed by atoms with van der Waals surface area (Å²) in [6, 6.07) is 53.6. The van der Waals surface area contributed by atoms with Gasteiger partial charge in [0, 0.05) is 38.9 Å². The van der Waals surface area contributed by atoms with Crippen molar-refractivity contribution in [1.82, 2.24) is 4.57 Å². The smallest absolute Gasteiger partial charge is 0.0541 e. The van der Waals surface area contributed by atoms with Gasteiger partial charge in [-0.15, -0.1) is 0 Å². The van der Waals surface area contributed by atoms with Crippen molar-refractivity contribution < 1.29 is 0 Å². The minimum absolute atomic E-state index is 0.00531. The summed E-state index contributed by atoms with van der Waals surface area (Å²) in [6.07, 6.45) is 12.7. The predicted molar refractivity (Wildman–Crippen MR) is 229 cm³/mol. The average molecular weight is 697 g/mol. The zero-order valence-corrected chi connectivity index (χ0v) is 31.3. The van der Waals surface area contributed by atoms with E-state index in [-0.39, 0.29) is 5.41 Å². The van der Waals surface area contributed by atoms with Gasteiger partial charge in [-0.1, -0.05) is 130 Å². The summed E-state index contributed by atoms with van der Waals surface area (Å²) in [5.41, 5.74) is 18.4. The number of benzene rings is 6. The third-order valence-electron chi connectivity index (χ3n) is 12.1. The van der Waals surface area contributed by atoms with Crippen LogP contribution in [0.2, 0.25) is 0 Å². The lowest BCUT2D eigenvalue weighted by molar-refractivity contribution is 0.651. The number of fused-ring (bicyclic) bond motifs is 5. The zero-order chi connectivity index (χ0) is 36.4. The molecule has 1 unspecified atom stereocenters. The number of para-hydroxylation sites is 2. The van der Waals surface area contributed by atoms with Gasteiger partial charge in [0.15, 0.2) is 0 Å². The van der Waals surface area contributed by atoms with Gasteiger partial charge in [-0.05, 0) is 130 Å². The molecule has 0 saturated carbocycles. The van der Waals surface area contributed by atoms with E-state index in [1.165, 1.54) is 89.1 Å². The topological polar surface area (TPSA) is 8.17 Å². The van der Waals surface area contributed by atoms with Crippen molar-refractivity contribution in [1.29, 1.82) is 0 Å². The second kappa shape index (κ2) is 12.8. The van der Waals surface area contributed by atoms with Gasteiger partial charge in [-0.2, -0.15) is 0 Å². The Labute approximate surface area is 318 Å². The number of rotatable bonds is 6. The Kier molecular flexibility index (Phi) is 7.70. The number of hydrogen-bond acceptors (Lipinski definition) is 1. The van der Waals surface area contributed by atoms with Crippen LogP contribution >= 0.6 is 0 Å². The monoisotopic (exact) mass is 696 g/mol. The predicted octanol–water partition coefficient (Wildman–Crippen LogP) is 14.0. The molecule has 2 nitrogen and oxygen atoms in total. The molecule has 7 aromatic rings. The molecule has 262 valence electrons. The number of hydrogen-bond donors (Lipinski definition) is 0. The Morgan fingerprint density at radius 3 is 2.13 bits per heavy atom. The van der Waals surface area contributed by atoms with Crippen molar-refractivity contribution in [2.24, 2.45) is 5.92 Å². The molecule has 0 fully saturated rings. The van der Waals surface area contributed by atoms with Crippen LogP contribution in [-0.4, -0.2) is 4.57 Å². The molecule has 3 aliphatic rings. The second-order valence-corrected chi connectivity index (χ2v) is 15.7. The molecule has 1 aromatic heterocycles. The van der Waals surface area contributed by atoms with Crippen LogP contribution in [0.3, 0.4) is 0 Å². The molecule has 2 heteroatoms. The molecule has 0 spiro atoms. The lowest BCUT2D eigenvalue weighted by Gasteiger charge is -2.33. The number of allylic oxidation sites excluding steroid dienone is 8. The molecule has 0 radical (unpaired) electrons. The van der Waals surface area contributed by atoms with Crippen molar-refractivity contribution >= 4 is 44.3 Å². The number of anilines is 2. The van der Waals surface area contributed by atoms with Crippen molar-refractivity contribution in [2.45, 2.75) is 45.4 Å². The highest BCUT2D eigenvalue weighted by Crippen LogP contribution is 2.51. The van der Waals surface area contributed by atoms with E-state index in [9.17, 15) is 0 Å². The van der Waals surface area contributed by atoms with Gasteiger partial charge in [0.2, 0.25) is 0 Å². The summed E-state index contributed by atoms with van der Waals surface area (Å²) in [4.78, 5) is 2.49. The highest BCUT2D eigenvalue weighted by atomic mass is 15.1. The maximum atomic E-state index is 2.49. The van der Waals surface area contributed by atoms with Crippen LogP contribution in [0.1, 0.15) is 56.7 Å². The van der Waals surface area contributed by atoms with Crippen LogP contribution in [0.5, 0.6) is 0 Å². The summed E-state index contributed by atoms with van der Waals surface area (Å²) in [7, 11) is 0. The first kappa shape index (κ1) is 32.5. The summed E-state index contributed by atoms with van der Waals surface area (Å²) in [5.74, 6) is 0.345. The fraction of sp³-hybridized carbons (Fsp3) is 0.154. The van der Waals surface area contributed by atoms with E-state index in [1.54, 1.807) is 0 Å². The van der Waals surface area contributed by atoms with Gasteiger partial charge in [-0.25, -0.2) is 0 Å². The first-order valence-corrected chi connectivity index (χ1v) is 19.5. The van der Waals surface area contributed by atoms with Gasteiger partial charge < -0.3 is 9.47 Å². The summed E-state index contributed by atoms with van der Waals surface area (Å²) >= 11 is 0.